The first kappa shape index (κ1) is 15.5. The fourth-order valence-corrected chi connectivity index (χ4v) is 4.51. The van der Waals surface area contributed by atoms with Crippen LogP contribution in [0.3, 0.4) is 0 Å². The highest BCUT2D eigenvalue weighted by Gasteiger charge is 2.39. The topological polar surface area (TPSA) is 45.3 Å². The van der Waals surface area contributed by atoms with Gasteiger partial charge in [0.25, 0.3) is 0 Å². The van der Waals surface area contributed by atoms with E-state index in [0.29, 0.717) is 24.5 Å². The molecule has 0 radical (unpaired) electrons. The Morgan fingerprint density at radius 3 is 3.17 bits per heavy atom. The molecule has 2 aliphatic rings. The first-order valence-corrected chi connectivity index (χ1v) is 8.71. The van der Waals surface area contributed by atoms with Gasteiger partial charge in [-0.1, -0.05) is 12.1 Å². The van der Waals surface area contributed by atoms with E-state index in [1.807, 2.05) is 0 Å². The summed E-state index contributed by atoms with van der Waals surface area (Å²) in [5, 5.41) is 1.44. The number of aromatic amines is 1. The molecule has 1 aromatic heterocycles. The SMILES string of the molecule is CC(=O)C=COCC1CC2c3cccc4[nH]cc(c34)C[C@H]2N(C)C1. The summed E-state index contributed by atoms with van der Waals surface area (Å²) in [6.45, 7) is 3.26. The molecular formula is C20H24N2O2. The Labute approximate surface area is 142 Å². The molecule has 2 aromatic rings. The van der Waals surface area contributed by atoms with Crippen LogP contribution in [0.1, 0.15) is 30.4 Å². The van der Waals surface area contributed by atoms with Crippen molar-refractivity contribution in [2.24, 2.45) is 5.92 Å². The van der Waals surface area contributed by atoms with Gasteiger partial charge in [-0.25, -0.2) is 0 Å². The summed E-state index contributed by atoms with van der Waals surface area (Å²) in [5.41, 5.74) is 4.19. The van der Waals surface area contributed by atoms with Gasteiger partial charge in [0, 0.05) is 47.6 Å². The van der Waals surface area contributed by atoms with E-state index in [4.69, 9.17) is 4.74 Å². The number of nitrogens with zero attached hydrogens (tertiary/aromatic N) is 1. The molecular weight excluding hydrogens is 300 g/mol. The quantitative estimate of drug-likeness (QED) is 0.694. The van der Waals surface area contributed by atoms with Gasteiger partial charge in [0.2, 0.25) is 0 Å². The molecule has 3 atom stereocenters. The van der Waals surface area contributed by atoms with Crippen LogP contribution in [-0.4, -0.2) is 41.9 Å². The molecule has 1 saturated heterocycles. The van der Waals surface area contributed by atoms with Crippen molar-refractivity contribution in [1.82, 2.24) is 9.88 Å². The standard InChI is InChI=1S/C20H24N2O2/c1-13(23)6-7-24-12-14-8-17-16-4-3-5-18-20(16)15(10-21-18)9-19(17)22(2)11-14/h3-7,10,14,17,19,21H,8-9,11-12H2,1-2H3/t14?,17?,19-/m1/s1. The molecule has 2 unspecified atom stereocenters. The zero-order chi connectivity index (χ0) is 16.7. The molecule has 4 rings (SSSR count). The second-order valence-corrected chi connectivity index (χ2v) is 7.25. The third kappa shape index (κ3) is 2.65. The highest BCUT2D eigenvalue weighted by molar-refractivity contribution is 5.88. The summed E-state index contributed by atoms with van der Waals surface area (Å²) >= 11 is 0. The number of rotatable bonds is 4. The van der Waals surface area contributed by atoms with E-state index in [0.717, 1.165) is 19.4 Å². The number of hydrogen-bond donors (Lipinski definition) is 1. The molecule has 126 valence electrons. The highest BCUT2D eigenvalue weighted by Crippen LogP contribution is 2.44. The molecule has 0 amide bonds. The molecule has 4 nitrogen and oxygen atoms in total. The average Bonchev–Trinajstić information content (AvgIpc) is 2.97. The summed E-state index contributed by atoms with van der Waals surface area (Å²) in [6.07, 6.45) is 7.48. The number of piperidine rings is 1. The van der Waals surface area contributed by atoms with E-state index >= 15 is 0 Å². The number of hydrogen-bond acceptors (Lipinski definition) is 3. The molecule has 0 spiro atoms. The van der Waals surface area contributed by atoms with Crippen molar-refractivity contribution < 1.29 is 9.53 Å². The minimum atomic E-state index is 0.0229. The van der Waals surface area contributed by atoms with Gasteiger partial charge in [0.05, 0.1) is 12.9 Å². The van der Waals surface area contributed by atoms with Crippen molar-refractivity contribution in [1.29, 1.82) is 0 Å². The van der Waals surface area contributed by atoms with Gasteiger partial charge in [-0.3, -0.25) is 4.79 Å². The van der Waals surface area contributed by atoms with Crippen molar-refractivity contribution >= 4 is 16.7 Å². The lowest BCUT2D eigenvalue weighted by Crippen LogP contribution is -2.48. The molecule has 0 saturated carbocycles. The van der Waals surface area contributed by atoms with Crippen molar-refractivity contribution in [3.63, 3.8) is 0 Å². The lowest BCUT2D eigenvalue weighted by atomic mass is 9.72. The van der Waals surface area contributed by atoms with E-state index in [1.54, 1.807) is 6.26 Å². The number of fused-ring (bicyclic) bond motifs is 2. The summed E-state index contributed by atoms with van der Waals surface area (Å²) in [5.74, 6) is 1.07. The summed E-state index contributed by atoms with van der Waals surface area (Å²) in [7, 11) is 2.23. The number of carbonyl (C=O) groups excluding carboxylic acids is 1. The van der Waals surface area contributed by atoms with E-state index in [1.165, 1.54) is 35.0 Å². The van der Waals surface area contributed by atoms with E-state index in [9.17, 15) is 4.79 Å². The van der Waals surface area contributed by atoms with Crippen LogP contribution >= 0.6 is 0 Å². The number of ketones is 1. The molecule has 0 bridgehead atoms. The fourth-order valence-electron chi connectivity index (χ4n) is 4.51. The number of carbonyl (C=O) groups is 1. The van der Waals surface area contributed by atoms with Crippen LogP contribution in [0, 0.1) is 5.92 Å². The van der Waals surface area contributed by atoms with Crippen molar-refractivity contribution in [3.05, 3.63) is 47.9 Å². The highest BCUT2D eigenvalue weighted by atomic mass is 16.5. The number of aromatic nitrogens is 1. The number of H-pyrrole nitrogens is 1. The molecule has 1 aromatic carbocycles. The van der Waals surface area contributed by atoms with Gasteiger partial charge < -0.3 is 14.6 Å². The molecule has 1 fully saturated rings. The minimum absolute atomic E-state index is 0.0229. The maximum absolute atomic E-state index is 11.0. The predicted molar refractivity (Wildman–Crippen MR) is 95.0 cm³/mol. The first-order valence-electron chi connectivity index (χ1n) is 8.71. The Morgan fingerprint density at radius 2 is 2.33 bits per heavy atom. The summed E-state index contributed by atoms with van der Waals surface area (Å²) in [6, 6.07) is 7.20. The molecule has 1 aliphatic carbocycles. The van der Waals surface area contributed by atoms with Crippen LogP contribution in [0.5, 0.6) is 0 Å². The first-order chi connectivity index (χ1) is 11.6. The number of benzene rings is 1. The Morgan fingerprint density at radius 1 is 1.46 bits per heavy atom. The number of ether oxygens (including phenoxy) is 1. The van der Waals surface area contributed by atoms with Crippen molar-refractivity contribution in [2.75, 3.05) is 20.2 Å². The van der Waals surface area contributed by atoms with Crippen LogP contribution < -0.4 is 0 Å². The van der Waals surface area contributed by atoms with E-state index in [-0.39, 0.29) is 5.78 Å². The molecule has 4 heteroatoms. The lowest BCUT2D eigenvalue weighted by molar-refractivity contribution is -0.112. The Balaban J connectivity index is 1.56. The molecule has 2 heterocycles. The maximum atomic E-state index is 11.0. The van der Waals surface area contributed by atoms with E-state index < -0.39 is 0 Å². The summed E-state index contributed by atoms with van der Waals surface area (Å²) < 4.78 is 5.61. The molecule has 1 N–H and O–H groups in total. The number of likely N-dealkylation sites (tertiary alicyclic amines) is 1. The monoisotopic (exact) mass is 324 g/mol. The number of allylic oxidation sites excluding steroid dienone is 1. The second-order valence-electron chi connectivity index (χ2n) is 7.25. The summed E-state index contributed by atoms with van der Waals surface area (Å²) in [4.78, 5) is 16.9. The number of likely N-dealkylation sites (N-methyl/N-ethyl adjacent to an activating group) is 1. The van der Waals surface area contributed by atoms with Gasteiger partial charge in [0.15, 0.2) is 5.78 Å². The Hall–Kier alpha value is -2.07. The van der Waals surface area contributed by atoms with Gasteiger partial charge in [-0.05, 0) is 44.0 Å². The van der Waals surface area contributed by atoms with Gasteiger partial charge in [-0.15, -0.1) is 0 Å². The van der Waals surface area contributed by atoms with Gasteiger partial charge >= 0.3 is 0 Å². The van der Waals surface area contributed by atoms with Gasteiger partial charge in [0.1, 0.15) is 0 Å². The minimum Gasteiger partial charge on any atom is -0.501 e. The lowest BCUT2D eigenvalue weighted by Gasteiger charge is -2.45. The zero-order valence-electron chi connectivity index (χ0n) is 14.3. The predicted octanol–water partition coefficient (Wildman–Crippen LogP) is 3.25. The maximum Gasteiger partial charge on any atom is 0.155 e. The van der Waals surface area contributed by atoms with E-state index in [2.05, 4.69) is 41.3 Å². The largest absolute Gasteiger partial charge is 0.501 e. The Kier molecular flexibility index (Phi) is 3.93. The van der Waals surface area contributed by atoms with Crippen LogP contribution in [0.4, 0.5) is 0 Å². The fraction of sp³-hybridized carbons (Fsp3) is 0.450. The van der Waals surface area contributed by atoms with Crippen LogP contribution in [0.25, 0.3) is 10.9 Å². The van der Waals surface area contributed by atoms with Crippen molar-refractivity contribution in [3.8, 4) is 0 Å². The molecule has 1 aliphatic heterocycles. The smallest absolute Gasteiger partial charge is 0.155 e. The van der Waals surface area contributed by atoms with Crippen LogP contribution in [-0.2, 0) is 16.0 Å². The van der Waals surface area contributed by atoms with Crippen LogP contribution in [0.2, 0.25) is 0 Å². The number of nitrogens with one attached hydrogen (secondary N) is 1. The third-order valence-electron chi connectivity index (χ3n) is 5.54. The normalized spacial score (nSPS) is 26.7. The van der Waals surface area contributed by atoms with Crippen molar-refractivity contribution in [2.45, 2.75) is 31.7 Å². The third-order valence-corrected chi connectivity index (χ3v) is 5.54. The molecule has 24 heavy (non-hydrogen) atoms. The zero-order valence-corrected chi connectivity index (χ0v) is 14.3. The van der Waals surface area contributed by atoms with Gasteiger partial charge in [-0.2, -0.15) is 0 Å². The average molecular weight is 324 g/mol. The second kappa shape index (κ2) is 6.10. The van der Waals surface area contributed by atoms with Crippen LogP contribution in [0.15, 0.2) is 36.7 Å². The Bertz CT molecular complexity index is 792.